The van der Waals surface area contributed by atoms with Crippen LogP contribution >= 0.6 is 0 Å². The molecule has 2 aliphatic heterocycles. The zero-order valence-electron chi connectivity index (χ0n) is 20.0. The normalized spacial score (nSPS) is 19.5. The fourth-order valence-corrected chi connectivity index (χ4v) is 4.54. The third kappa shape index (κ3) is 7.16. The Hall–Kier alpha value is -3.16. The van der Waals surface area contributed by atoms with E-state index in [2.05, 4.69) is 16.3 Å². The van der Waals surface area contributed by atoms with Gasteiger partial charge in [-0.15, -0.1) is 0 Å². The number of amides is 1. The first kappa shape index (κ1) is 24.9. The maximum Gasteiger partial charge on any atom is 0.220 e. The molecule has 0 saturated carbocycles. The second kappa shape index (κ2) is 12.5. The highest BCUT2D eigenvalue weighted by atomic mass is 16.6. The van der Waals surface area contributed by atoms with E-state index in [0.717, 1.165) is 44.3 Å². The minimum Gasteiger partial charge on any atom is -0.465 e. The number of rotatable bonds is 11. The van der Waals surface area contributed by atoms with Gasteiger partial charge in [-0.3, -0.25) is 9.59 Å². The van der Waals surface area contributed by atoms with E-state index < -0.39 is 12.1 Å². The molecule has 7 nitrogen and oxygen atoms in total. The number of likely N-dealkylation sites (tertiary alicyclic amines) is 1. The van der Waals surface area contributed by atoms with Crippen LogP contribution in [-0.2, 0) is 14.3 Å². The van der Waals surface area contributed by atoms with E-state index in [-0.39, 0.29) is 23.9 Å². The molecule has 186 valence electrons. The summed E-state index contributed by atoms with van der Waals surface area (Å²) in [5.41, 5.74) is 1.66. The molecule has 1 aromatic carbocycles. The van der Waals surface area contributed by atoms with Crippen LogP contribution in [-0.4, -0.2) is 53.5 Å². The molecule has 2 heterocycles. The topological polar surface area (TPSA) is 88.1 Å². The van der Waals surface area contributed by atoms with Gasteiger partial charge in [-0.05, 0) is 50.8 Å². The molecule has 1 fully saturated rings. The molecule has 0 spiro atoms. The Morgan fingerprint density at radius 2 is 1.89 bits per heavy atom. The van der Waals surface area contributed by atoms with E-state index in [1.165, 1.54) is 6.26 Å². The fourth-order valence-electron chi connectivity index (χ4n) is 4.54. The third-order valence-electron chi connectivity index (χ3n) is 6.49. The van der Waals surface area contributed by atoms with E-state index in [1.54, 1.807) is 18.4 Å². The van der Waals surface area contributed by atoms with Crippen LogP contribution in [0.25, 0.3) is 0 Å². The smallest absolute Gasteiger partial charge is 0.220 e. The number of hydrogen-bond donors (Lipinski definition) is 2. The lowest BCUT2D eigenvalue weighted by atomic mass is 10.0. The van der Waals surface area contributed by atoms with Crippen molar-refractivity contribution in [2.75, 3.05) is 19.6 Å². The van der Waals surface area contributed by atoms with Crippen molar-refractivity contribution in [2.24, 2.45) is 0 Å². The number of nitrogens with zero attached hydrogens (tertiary/aromatic N) is 1. The molecule has 4 rings (SSSR count). The summed E-state index contributed by atoms with van der Waals surface area (Å²) >= 11 is 0. The molecule has 2 N–H and O–H groups in total. The Bertz CT molecular complexity index is 1010. The van der Waals surface area contributed by atoms with Crippen molar-refractivity contribution in [3.63, 3.8) is 0 Å². The molecule has 1 aliphatic carbocycles. The summed E-state index contributed by atoms with van der Waals surface area (Å²) in [5, 5.41) is 14.2. The summed E-state index contributed by atoms with van der Waals surface area (Å²) in [6.07, 6.45) is 12.9. The molecule has 7 heteroatoms. The third-order valence-corrected chi connectivity index (χ3v) is 6.49. The van der Waals surface area contributed by atoms with E-state index in [1.807, 2.05) is 30.4 Å². The number of benzene rings is 1. The lowest BCUT2D eigenvalue weighted by molar-refractivity contribution is -0.122. The summed E-state index contributed by atoms with van der Waals surface area (Å²) in [7, 11) is 0. The summed E-state index contributed by atoms with van der Waals surface area (Å²) in [5.74, 6) is 0.691. The fraction of sp³-hybridized carbons (Fsp3) is 0.429. The van der Waals surface area contributed by atoms with Crippen LogP contribution in [0.5, 0.6) is 0 Å². The molecule has 0 bridgehead atoms. The van der Waals surface area contributed by atoms with E-state index in [9.17, 15) is 14.7 Å². The van der Waals surface area contributed by atoms with Gasteiger partial charge in [0, 0.05) is 24.9 Å². The van der Waals surface area contributed by atoms with E-state index in [4.69, 9.17) is 9.47 Å². The van der Waals surface area contributed by atoms with Gasteiger partial charge in [-0.25, -0.2) is 0 Å². The summed E-state index contributed by atoms with van der Waals surface area (Å²) in [6.45, 7) is 2.39. The molecule has 2 atom stereocenters. The Balaban J connectivity index is 1.34. The Morgan fingerprint density at radius 3 is 2.63 bits per heavy atom. The molecule has 0 unspecified atom stereocenters. The van der Waals surface area contributed by atoms with Crippen LogP contribution in [0, 0.1) is 0 Å². The number of carbonyl (C=O) groups is 2. The Kier molecular flexibility index (Phi) is 8.92. The lowest BCUT2D eigenvalue weighted by Crippen LogP contribution is -2.51. The average molecular weight is 479 g/mol. The standard InChI is InChI=1S/C28H34N2O5/c31-24(21-10-3-1-4-11-21)14-9-15-27(32)29-23(18-30-16-7-8-17-30)28(33)26-20-34-19-25(35-26)22-12-5-2-6-13-22/h1-5,10-12,19-20,23,28,33H,6-9,13-18H2,(H,29,32)/t23-,28-/m1/s1. The van der Waals surface area contributed by atoms with Crippen molar-refractivity contribution < 1.29 is 24.2 Å². The van der Waals surface area contributed by atoms with Crippen molar-refractivity contribution in [1.29, 1.82) is 0 Å². The summed E-state index contributed by atoms with van der Waals surface area (Å²) in [6, 6.07) is 8.55. The minimum atomic E-state index is -1.06. The van der Waals surface area contributed by atoms with Gasteiger partial charge >= 0.3 is 0 Å². The SMILES string of the molecule is O=C(CCCC(=O)c1ccccc1)N[C@H](CN1CCCC1)[C@@H](O)C1=COC=C(C2=CC=CCC2)O1. The predicted octanol–water partition coefficient (Wildman–Crippen LogP) is 3.99. The minimum absolute atomic E-state index is 0.0242. The molecule has 0 radical (unpaired) electrons. The van der Waals surface area contributed by atoms with E-state index in [0.29, 0.717) is 30.7 Å². The Labute approximate surface area is 206 Å². The molecule has 1 saturated heterocycles. The summed E-state index contributed by atoms with van der Waals surface area (Å²) in [4.78, 5) is 27.3. The number of allylic oxidation sites excluding steroid dienone is 4. The zero-order valence-corrected chi connectivity index (χ0v) is 20.0. The van der Waals surface area contributed by atoms with Gasteiger partial charge < -0.3 is 24.8 Å². The number of carbonyl (C=O) groups excluding carboxylic acids is 2. The first-order chi connectivity index (χ1) is 17.1. The maximum absolute atomic E-state index is 12.8. The largest absolute Gasteiger partial charge is 0.465 e. The summed E-state index contributed by atoms with van der Waals surface area (Å²) < 4.78 is 11.5. The second-order valence-electron chi connectivity index (χ2n) is 9.17. The monoisotopic (exact) mass is 478 g/mol. The quantitative estimate of drug-likeness (QED) is 0.468. The predicted molar refractivity (Wildman–Crippen MR) is 133 cm³/mol. The van der Waals surface area contributed by atoms with E-state index >= 15 is 0 Å². The van der Waals surface area contributed by atoms with Crippen molar-refractivity contribution in [1.82, 2.24) is 10.2 Å². The molecule has 35 heavy (non-hydrogen) atoms. The zero-order chi connectivity index (χ0) is 24.5. The molecular formula is C28H34N2O5. The average Bonchev–Trinajstić information content (AvgIpc) is 3.42. The van der Waals surface area contributed by atoms with Crippen LogP contribution in [0.1, 0.15) is 55.3 Å². The second-order valence-corrected chi connectivity index (χ2v) is 9.17. The molecule has 0 aromatic heterocycles. The van der Waals surface area contributed by atoms with Gasteiger partial charge in [-0.2, -0.15) is 0 Å². The molecule has 1 amide bonds. The highest BCUT2D eigenvalue weighted by Crippen LogP contribution is 2.28. The molecular weight excluding hydrogens is 444 g/mol. The van der Waals surface area contributed by atoms with Crippen molar-refractivity contribution >= 4 is 11.7 Å². The van der Waals surface area contributed by atoms with Crippen LogP contribution < -0.4 is 5.32 Å². The number of aliphatic hydroxyl groups excluding tert-OH is 1. The van der Waals surface area contributed by atoms with Gasteiger partial charge in [0.05, 0.1) is 6.04 Å². The van der Waals surface area contributed by atoms with Crippen LogP contribution in [0.2, 0.25) is 0 Å². The maximum atomic E-state index is 12.8. The lowest BCUT2D eigenvalue weighted by Gasteiger charge is -2.30. The van der Waals surface area contributed by atoms with Gasteiger partial charge in [0.15, 0.2) is 17.3 Å². The van der Waals surface area contributed by atoms with Gasteiger partial charge in [0.1, 0.15) is 18.6 Å². The van der Waals surface area contributed by atoms with Crippen molar-refractivity contribution in [2.45, 2.75) is 57.1 Å². The highest BCUT2D eigenvalue weighted by molar-refractivity contribution is 5.96. The van der Waals surface area contributed by atoms with Crippen LogP contribution in [0.15, 0.2) is 78.2 Å². The number of ketones is 1. The number of nitrogens with one attached hydrogen (secondary N) is 1. The highest BCUT2D eigenvalue weighted by Gasteiger charge is 2.31. The van der Waals surface area contributed by atoms with Crippen molar-refractivity contribution in [3.05, 3.63) is 83.7 Å². The molecule has 1 aromatic rings. The van der Waals surface area contributed by atoms with Gasteiger partial charge in [-0.1, -0.05) is 48.6 Å². The van der Waals surface area contributed by atoms with Crippen LogP contribution in [0.3, 0.4) is 0 Å². The number of Topliss-reactive ketones (excluding diaryl/α,β-unsaturated/α-hetero) is 1. The number of ether oxygens (including phenoxy) is 2. The number of hydrogen-bond acceptors (Lipinski definition) is 6. The van der Waals surface area contributed by atoms with Crippen molar-refractivity contribution in [3.8, 4) is 0 Å². The first-order valence-electron chi connectivity index (χ1n) is 12.5. The number of aliphatic hydroxyl groups is 1. The Morgan fingerprint density at radius 1 is 1.09 bits per heavy atom. The first-order valence-corrected chi connectivity index (χ1v) is 12.5. The van der Waals surface area contributed by atoms with Crippen LogP contribution in [0.4, 0.5) is 0 Å². The van der Waals surface area contributed by atoms with Gasteiger partial charge in [0.2, 0.25) is 5.91 Å². The van der Waals surface area contributed by atoms with Gasteiger partial charge in [0.25, 0.3) is 0 Å². The molecule has 3 aliphatic rings.